The van der Waals surface area contributed by atoms with Crippen molar-refractivity contribution >= 4 is 56.9 Å². The molecule has 7 heterocycles. The van der Waals surface area contributed by atoms with Crippen molar-refractivity contribution in [3.05, 3.63) is 82.8 Å². The van der Waals surface area contributed by atoms with Crippen LogP contribution < -0.4 is 15.5 Å². The van der Waals surface area contributed by atoms with Crippen LogP contribution >= 0.6 is 0 Å². The van der Waals surface area contributed by atoms with Gasteiger partial charge < -0.3 is 20.1 Å². The molecule has 1 unspecified atom stereocenters. The van der Waals surface area contributed by atoms with Crippen molar-refractivity contribution in [2.24, 2.45) is 5.92 Å². The lowest BCUT2D eigenvalue weighted by Crippen LogP contribution is -2.52. The molecule has 0 aliphatic carbocycles. The molecule has 0 bridgehead atoms. The van der Waals surface area contributed by atoms with E-state index in [1.807, 2.05) is 49.5 Å². The molecular weight excluding hydrogens is 719 g/mol. The van der Waals surface area contributed by atoms with E-state index in [0.717, 1.165) is 103 Å². The number of piperidine rings is 2. The number of nitrogens with zero attached hydrogens (tertiary/aromatic N) is 6. The van der Waals surface area contributed by atoms with Crippen LogP contribution in [0.15, 0.2) is 54.7 Å². The molecule has 4 aliphatic heterocycles. The van der Waals surface area contributed by atoms with E-state index in [1.54, 1.807) is 4.90 Å². The first kappa shape index (κ1) is 37.0. The molecule has 296 valence electrons. The van der Waals surface area contributed by atoms with Crippen LogP contribution in [-0.2, 0) is 22.7 Å². The fourth-order valence-corrected chi connectivity index (χ4v) is 9.64. The van der Waals surface area contributed by atoms with Crippen molar-refractivity contribution in [1.29, 1.82) is 0 Å². The van der Waals surface area contributed by atoms with Crippen molar-refractivity contribution < 1.29 is 19.2 Å². The summed E-state index contributed by atoms with van der Waals surface area (Å²) in [4.78, 5) is 65.5. The zero-order valence-electron chi connectivity index (χ0n) is 32.9. The molecule has 3 fully saturated rings. The predicted molar refractivity (Wildman–Crippen MR) is 219 cm³/mol. The maximum atomic E-state index is 13.4. The number of unbranched alkanes of at least 4 members (excludes halogenated alkanes) is 2. The highest BCUT2D eigenvalue weighted by Crippen LogP contribution is 2.37. The third-order valence-corrected chi connectivity index (χ3v) is 12.8. The fraction of sp³-hybridized carbons (Fsp3) is 0.455. The number of likely N-dealkylation sites (tertiary alicyclic amines) is 1. The second-order valence-electron chi connectivity index (χ2n) is 16.5. The van der Waals surface area contributed by atoms with Crippen molar-refractivity contribution in [2.45, 2.75) is 96.3 Å². The number of aryl methyl sites for hydroxylation is 2. The molecule has 9 rings (SSSR count). The molecular formula is C44H51N9O4. The number of carbonyl (C=O) groups is 4. The van der Waals surface area contributed by atoms with Gasteiger partial charge in [0.2, 0.25) is 11.8 Å². The van der Waals surface area contributed by atoms with E-state index in [2.05, 4.69) is 54.3 Å². The monoisotopic (exact) mass is 769 g/mol. The van der Waals surface area contributed by atoms with Gasteiger partial charge in [-0.3, -0.25) is 34.1 Å². The number of benzene rings is 2. The Bertz CT molecular complexity index is 2370. The second-order valence-corrected chi connectivity index (χ2v) is 16.5. The molecule has 0 saturated carbocycles. The first-order valence-corrected chi connectivity index (χ1v) is 20.7. The summed E-state index contributed by atoms with van der Waals surface area (Å²) in [7, 11) is 2.16. The number of hydrogen-bond acceptors (Lipinski definition) is 8. The molecule has 2 atom stereocenters. The number of aromatic nitrogens is 4. The van der Waals surface area contributed by atoms with Crippen LogP contribution in [0, 0.1) is 12.8 Å². The number of anilines is 2. The van der Waals surface area contributed by atoms with E-state index in [9.17, 15) is 19.2 Å². The lowest BCUT2D eigenvalue weighted by atomic mass is 9.90. The summed E-state index contributed by atoms with van der Waals surface area (Å²) >= 11 is 0. The number of fused-ring (bicyclic) bond motifs is 3. The van der Waals surface area contributed by atoms with Crippen LogP contribution in [0.2, 0.25) is 0 Å². The van der Waals surface area contributed by atoms with Crippen LogP contribution in [-0.4, -0.2) is 85.9 Å². The van der Waals surface area contributed by atoms with Crippen LogP contribution in [0.4, 0.5) is 11.5 Å². The molecule has 4 amide bonds. The van der Waals surface area contributed by atoms with Crippen LogP contribution in [0.5, 0.6) is 0 Å². The fourth-order valence-electron chi connectivity index (χ4n) is 9.64. The molecule has 4 aliphatic rings. The Morgan fingerprint density at radius 2 is 1.81 bits per heavy atom. The van der Waals surface area contributed by atoms with Crippen LogP contribution in [0.25, 0.3) is 21.8 Å². The Hall–Kier alpha value is -5.56. The first-order valence-electron chi connectivity index (χ1n) is 20.7. The zero-order valence-corrected chi connectivity index (χ0v) is 32.9. The van der Waals surface area contributed by atoms with E-state index in [4.69, 9.17) is 5.10 Å². The van der Waals surface area contributed by atoms with E-state index in [0.29, 0.717) is 41.9 Å². The normalized spacial score (nSPS) is 20.6. The van der Waals surface area contributed by atoms with E-state index >= 15 is 0 Å². The molecule has 0 radical (unpaired) electrons. The lowest BCUT2D eigenvalue weighted by molar-refractivity contribution is -0.136. The Kier molecular flexibility index (Phi) is 10.0. The number of H-pyrrole nitrogens is 1. The summed E-state index contributed by atoms with van der Waals surface area (Å²) < 4.78 is 2.05. The van der Waals surface area contributed by atoms with E-state index < -0.39 is 6.04 Å². The Morgan fingerprint density at radius 1 is 0.947 bits per heavy atom. The minimum Gasteiger partial charge on any atom is -0.371 e. The van der Waals surface area contributed by atoms with Gasteiger partial charge in [-0.05, 0) is 95.3 Å². The van der Waals surface area contributed by atoms with Crippen molar-refractivity contribution in [3.8, 4) is 0 Å². The molecule has 13 heteroatoms. The maximum absolute atomic E-state index is 13.4. The maximum Gasteiger partial charge on any atom is 0.256 e. The van der Waals surface area contributed by atoms with Gasteiger partial charge in [0.25, 0.3) is 11.8 Å². The van der Waals surface area contributed by atoms with Crippen molar-refractivity contribution in [3.63, 3.8) is 0 Å². The number of carbonyl (C=O) groups excluding carboxylic acids is 4. The summed E-state index contributed by atoms with van der Waals surface area (Å²) in [5.41, 5.74) is 7.43. The number of nitrogens with one attached hydrogen (secondary N) is 3. The Balaban J connectivity index is 0.758. The number of aromatic amines is 1. The summed E-state index contributed by atoms with van der Waals surface area (Å²) in [5, 5.41) is 12.4. The third kappa shape index (κ3) is 7.29. The number of imide groups is 1. The summed E-state index contributed by atoms with van der Waals surface area (Å²) in [6, 6.07) is 15.6. The second kappa shape index (κ2) is 15.4. The first-order chi connectivity index (χ1) is 27.7. The predicted octanol–water partition coefficient (Wildman–Crippen LogP) is 6.48. The SMILES string of the molecule is Cc1nn(CCCCCC2CCN(c3cccc4c3CN(C3CCC(=O)NC3=O)C4=O)CC2)c2cc(C(=O)Nc3cc4[nH]c([C@H]5CCCN5C)cc4cn3)ccc12. The van der Waals surface area contributed by atoms with Gasteiger partial charge in [0.1, 0.15) is 11.9 Å². The Morgan fingerprint density at radius 3 is 2.61 bits per heavy atom. The number of hydrogen-bond donors (Lipinski definition) is 3. The van der Waals surface area contributed by atoms with Gasteiger partial charge in [0.15, 0.2) is 0 Å². The average Bonchev–Trinajstić information content (AvgIpc) is 3.99. The Labute approximate surface area is 332 Å². The highest BCUT2D eigenvalue weighted by atomic mass is 16.2. The molecule has 0 spiro atoms. The van der Waals surface area contributed by atoms with Gasteiger partial charge in [-0.1, -0.05) is 31.4 Å². The smallest absolute Gasteiger partial charge is 0.256 e. The molecule has 3 aromatic heterocycles. The molecule has 57 heavy (non-hydrogen) atoms. The van der Waals surface area contributed by atoms with Gasteiger partial charge in [-0.25, -0.2) is 4.98 Å². The average molecular weight is 770 g/mol. The minimum atomic E-state index is -0.603. The highest BCUT2D eigenvalue weighted by molar-refractivity contribution is 6.07. The molecule has 13 nitrogen and oxygen atoms in total. The standard InChI is InChI=1S/C44H51N9O4/c1-27-31-13-12-29(42(55)47-40-24-34-30(25-45-40)22-35(46-34)37-11-7-18-50(37)2)23-39(31)53(49-27)19-5-3-4-8-28-16-20-51(21-17-28)36-10-6-9-32-33(36)26-52(44(32)57)38-14-15-41(54)48-43(38)56/h6,9-10,12-13,22-25,28,37-38,46H,3-5,7-8,11,14-21,26H2,1-2H3,(H,45,47,55)(H,48,54,56)/t37-,38?/m1/s1. The summed E-state index contributed by atoms with van der Waals surface area (Å²) in [6.45, 7) is 6.21. The quantitative estimate of drug-likeness (QED) is 0.102. The van der Waals surface area contributed by atoms with Gasteiger partial charge >= 0.3 is 0 Å². The molecule has 5 aromatic rings. The number of pyridine rings is 1. The van der Waals surface area contributed by atoms with Gasteiger partial charge in [-0.2, -0.15) is 5.10 Å². The van der Waals surface area contributed by atoms with Gasteiger partial charge in [-0.15, -0.1) is 0 Å². The van der Waals surface area contributed by atoms with Crippen LogP contribution in [0.1, 0.15) is 108 Å². The highest BCUT2D eigenvalue weighted by Gasteiger charge is 2.40. The van der Waals surface area contributed by atoms with Crippen molar-refractivity contribution in [2.75, 3.05) is 36.9 Å². The lowest BCUT2D eigenvalue weighted by Gasteiger charge is -2.35. The topological polar surface area (TPSA) is 149 Å². The summed E-state index contributed by atoms with van der Waals surface area (Å²) in [5.74, 6) is 0.218. The molecule has 3 N–H and O–H groups in total. The van der Waals surface area contributed by atoms with Gasteiger partial charge in [0.05, 0.1) is 16.7 Å². The number of amides is 4. The van der Waals surface area contributed by atoms with Gasteiger partial charge in [0, 0.05) is 89.7 Å². The molecule has 2 aromatic carbocycles. The summed E-state index contributed by atoms with van der Waals surface area (Å²) in [6.07, 6.45) is 11.5. The minimum absolute atomic E-state index is 0.125. The van der Waals surface area contributed by atoms with E-state index in [-0.39, 0.29) is 30.0 Å². The molecule has 3 saturated heterocycles. The van der Waals surface area contributed by atoms with Crippen molar-refractivity contribution in [1.82, 2.24) is 34.9 Å². The largest absolute Gasteiger partial charge is 0.371 e. The van der Waals surface area contributed by atoms with E-state index in [1.165, 1.54) is 18.5 Å². The van der Waals surface area contributed by atoms with Crippen LogP contribution in [0.3, 0.4) is 0 Å². The third-order valence-electron chi connectivity index (χ3n) is 12.8. The zero-order chi connectivity index (χ0) is 39.2. The number of rotatable bonds is 11.